The first-order chi connectivity index (χ1) is 9.35. The zero-order valence-electron chi connectivity index (χ0n) is 12.8. The molecule has 4 nitrogen and oxygen atoms in total. The number of methoxy groups -OCH3 is 1. The minimum absolute atomic E-state index is 0.0827. The van der Waals surface area contributed by atoms with E-state index in [0.29, 0.717) is 6.42 Å². The fraction of sp³-hybridized carbons (Fsp3) is 0.600. The maximum Gasteiger partial charge on any atom is 0.148 e. The third kappa shape index (κ3) is 5.92. The molecule has 1 aromatic carbocycles. The van der Waals surface area contributed by atoms with Crippen LogP contribution in [0.1, 0.15) is 24.5 Å². The Morgan fingerprint density at radius 1 is 1.35 bits per heavy atom. The molecule has 0 spiro atoms. The van der Waals surface area contributed by atoms with Crippen molar-refractivity contribution in [3.63, 3.8) is 0 Å². The van der Waals surface area contributed by atoms with Gasteiger partial charge in [0.2, 0.25) is 0 Å². The van der Waals surface area contributed by atoms with E-state index in [2.05, 4.69) is 18.3 Å². The molecule has 1 atom stereocenters. The molecule has 0 bridgehead atoms. The summed E-state index contributed by atoms with van der Waals surface area (Å²) in [7, 11) is -1.37. The van der Waals surface area contributed by atoms with Crippen LogP contribution in [0, 0.1) is 6.92 Å². The van der Waals surface area contributed by atoms with Gasteiger partial charge in [-0.1, -0.05) is 24.6 Å². The molecule has 1 rings (SSSR count). The molecule has 1 N–H and O–H groups in total. The lowest BCUT2D eigenvalue weighted by atomic mass is 10.0. The van der Waals surface area contributed by atoms with Crippen LogP contribution in [-0.4, -0.2) is 40.1 Å². The summed E-state index contributed by atoms with van der Waals surface area (Å²) in [6.07, 6.45) is 2.91. The Morgan fingerprint density at radius 2 is 2.05 bits per heavy atom. The lowest BCUT2D eigenvalue weighted by Crippen LogP contribution is -2.37. The van der Waals surface area contributed by atoms with Crippen molar-refractivity contribution in [3.8, 4) is 5.75 Å². The van der Waals surface area contributed by atoms with E-state index < -0.39 is 9.84 Å². The number of benzene rings is 1. The van der Waals surface area contributed by atoms with Gasteiger partial charge in [0, 0.05) is 12.3 Å². The average Bonchev–Trinajstić information content (AvgIpc) is 2.34. The predicted octanol–water partition coefficient (Wildman–Crippen LogP) is 1.96. The summed E-state index contributed by atoms with van der Waals surface area (Å²) in [5.74, 6) is 0.955. The molecule has 20 heavy (non-hydrogen) atoms. The molecular formula is C15H25NO3S. The van der Waals surface area contributed by atoms with E-state index in [1.165, 1.54) is 6.26 Å². The molecule has 0 heterocycles. The molecule has 0 aliphatic rings. The maximum atomic E-state index is 11.5. The van der Waals surface area contributed by atoms with Gasteiger partial charge in [-0.2, -0.15) is 0 Å². The van der Waals surface area contributed by atoms with Crippen molar-refractivity contribution in [1.29, 1.82) is 0 Å². The Bertz CT molecular complexity index is 526. The van der Waals surface area contributed by atoms with Crippen LogP contribution in [0.25, 0.3) is 0 Å². The van der Waals surface area contributed by atoms with Crippen molar-refractivity contribution in [3.05, 3.63) is 29.3 Å². The van der Waals surface area contributed by atoms with E-state index in [1.54, 1.807) is 7.11 Å². The van der Waals surface area contributed by atoms with Crippen LogP contribution < -0.4 is 10.1 Å². The second-order valence-electron chi connectivity index (χ2n) is 5.26. The molecule has 0 aliphatic carbocycles. The zero-order valence-corrected chi connectivity index (χ0v) is 13.6. The summed E-state index contributed by atoms with van der Waals surface area (Å²) in [6.45, 7) is 4.90. The van der Waals surface area contributed by atoms with E-state index in [9.17, 15) is 8.42 Å². The van der Waals surface area contributed by atoms with E-state index in [4.69, 9.17) is 4.74 Å². The standard InChI is InChI=1S/C15H25NO3S/c1-5-8-16-14(11-20(4,17)18)10-13-9-12(2)6-7-15(13)19-3/h6-7,9,14,16H,5,8,10-11H2,1-4H3. The van der Waals surface area contributed by atoms with Gasteiger partial charge in [0.15, 0.2) is 0 Å². The quantitative estimate of drug-likeness (QED) is 0.797. The number of ether oxygens (including phenoxy) is 1. The second-order valence-corrected chi connectivity index (χ2v) is 7.45. The van der Waals surface area contributed by atoms with Crippen LogP contribution in [0.3, 0.4) is 0 Å². The van der Waals surface area contributed by atoms with Gasteiger partial charge in [-0.3, -0.25) is 0 Å². The summed E-state index contributed by atoms with van der Waals surface area (Å²) < 4.78 is 28.4. The Labute approximate surface area is 122 Å². The Kier molecular flexibility index (Phi) is 6.49. The first-order valence-electron chi connectivity index (χ1n) is 6.90. The lowest BCUT2D eigenvalue weighted by Gasteiger charge is -2.19. The van der Waals surface area contributed by atoms with Crippen LogP contribution in [0.5, 0.6) is 5.75 Å². The Balaban J connectivity index is 2.90. The molecule has 0 amide bonds. The van der Waals surface area contributed by atoms with E-state index in [0.717, 1.165) is 29.8 Å². The predicted molar refractivity (Wildman–Crippen MR) is 83.2 cm³/mol. The number of rotatable bonds is 8. The minimum Gasteiger partial charge on any atom is -0.496 e. The minimum atomic E-state index is -3.01. The number of aryl methyl sites for hydroxylation is 1. The normalized spacial score (nSPS) is 13.2. The number of sulfone groups is 1. The van der Waals surface area contributed by atoms with Gasteiger partial charge < -0.3 is 10.1 Å². The summed E-state index contributed by atoms with van der Waals surface area (Å²) in [4.78, 5) is 0. The van der Waals surface area contributed by atoms with Gasteiger partial charge in [-0.15, -0.1) is 0 Å². The van der Waals surface area contributed by atoms with Gasteiger partial charge >= 0.3 is 0 Å². The van der Waals surface area contributed by atoms with Gasteiger partial charge in [0.1, 0.15) is 15.6 Å². The van der Waals surface area contributed by atoms with Crippen molar-refractivity contribution < 1.29 is 13.2 Å². The third-order valence-electron chi connectivity index (χ3n) is 3.09. The van der Waals surface area contributed by atoms with Gasteiger partial charge in [-0.05, 0) is 37.9 Å². The summed E-state index contributed by atoms with van der Waals surface area (Å²) in [6, 6.07) is 5.90. The fourth-order valence-corrected chi connectivity index (χ4v) is 3.20. The molecule has 1 unspecified atom stereocenters. The van der Waals surface area contributed by atoms with Gasteiger partial charge in [0.05, 0.1) is 12.9 Å². The first kappa shape index (κ1) is 17.0. The van der Waals surface area contributed by atoms with Crippen molar-refractivity contribution in [2.75, 3.05) is 25.7 Å². The molecule has 0 fully saturated rings. The molecule has 114 valence electrons. The highest BCUT2D eigenvalue weighted by atomic mass is 32.2. The van der Waals surface area contributed by atoms with Crippen molar-refractivity contribution in [2.24, 2.45) is 0 Å². The maximum absolute atomic E-state index is 11.5. The van der Waals surface area contributed by atoms with E-state index in [-0.39, 0.29) is 11.8 Å². The zero-order chi connectivity index (χ0) is 15.2. The van der Waals surface area contributed by atoms with Crippen molar-refractivity contribution in [1.82, 2.24) is 5.32 Å². The summed E-state index contributed by atoms with van der Waals surface area (Å²) in [5, 5.41) is 3.31. The third-order valence-corrected chi connectivity index (χ3v) is 4.10. The molecular weight excluding hydrogens is 274 g/mol. The highest BCUT2D eigenvalue weighted by Crippen LogP contribution is 2.21. The van der Waals surface area contributed by atoms with Crippen LogP contribution in [0.15, 0.2) is 18.2 Å². The molecule has 5 heteroatoms. The van der Waals surface area contributed by atoms with Gasteiger partial charge in [-0.25, -0.2) is 8.42 Å². The monoisotopic (exact) mass is 299 g/mol. The van der Waals surface area contributed by atoms with Crippen LogP contribution in [0.2, 0.25) is 0 Å². The number of hydrogen-bond donors (Lipinski definition) is 1. The average molecular weight is 299 g/mol. The van der Waals surface area contributed by atoms with E-state index >= 15 is 0 Å². The first-order valence-corrected chi connectivity index (χ1v) is 8.96. The molecule has 0 radical (unpaired) electrons. The van der Waals surface area contributed by atoms with Crippen molar-refractivity contribution in [2.45, 2.75) is 32.7 Å². The van der Waals surface area contributed by atoms with Gasteiger partial charge in [0.25, 0.3) is 0 Å². The molecule has 0 aromatic heterocycles. The second kappa shape index (κ2) is 7.64. The highest BCUT2D eigenvalue weighted by Gasteiger charge is 2.17. The number of hydrogen-bond acceptors (Lipinski definition) is 4. The molecule has 1 aromatic rings. The molecule has 0 saturated heterocycles. The van der Waals surface area contributed by atoms with Crippen LogP contribution in [-0.2, 0) is 16.3 Å². The Morgan fingerprint density at radius 3 is 2.60 bits per heavy atom. The van der Waals surface area contributed by atoms with E-state index in [1.807, 2.05) is 19.1 Å². The summed E-state index contributed by atoms with van der Waals surface area (Å²) >= 11 is 0. The van der Waals surface area contributed by atoms with Crippen LogP contribution >= 0.6 is 0 Å². The number of nitrogens with one attached hydrogen (secondary N) is 1. The topological polar surface area (TPSA) is 55.4 Å². The fourth-order valence-electron chi connectivity index (χ4n) is 2.24. The molecule has 0 saturated carbocycles. The smallest absolute Gasteiger partial charge is 0.148 e. The van der Waals surface area contributed by atoms with Crippen molar-refractivity contribution >= 4 is 9.84 Å². The lowest BCUT2D eigenvalue weighted by molar-refractivity contribution is 0.406. The molecule has 0 aliphatic heterocycles. The highest BCUT2D eigenvalue weighted by molar-refractivity contribution is 7.90. The van der Waals surface area contributed by atoms with Crippen LogP contribution in [0.4, 0.5) is 0 Å². The largest absolute Gasteiger partial charge is 0.496 e. The Hall–Kier alpha value is -1.07. The SMILES string of the molecule is CCCNC(Cc1cc(C)ccc1OC)CS(C)(=O)=O. The summed E-state index contributed by atoms with van der Waals surface area (Å²) in [5.41, 5.74) is 2.19.